The van der Waals surface area contributed by atoms with Gasteiger partial charge in [0.05, 0.1) is 51.4 Å². The van der Waals surface area contributed by atoms with Gasteiger partial charge in [0.2, 0.25) is 0 Å². The average Bonchev–Trinajstić information content (AvgIpc) is 1.83. The molecule has 3 saturated carbocycles. The van der Waals surface area contributed by atoms with Gasteiger partial charge >= 0.3 is 0 Å². The van der Waals surface area contributed by atoms with Crippen molar-refractivity contribution >= 4 is 82.1 Å². The molecular weight excluding hydrogens is 1320 g/mol. The predicted molar refractivity (Wildman–Crippen MR) is 344 cm³/mol. The molecule has 21 nitrogen and oxygen atoms in total. The smallest absolute Gasteiger partial charge is 0.282 e. The number of carbonyl (C=O) groups excluding carboxylic acids is 3. The summed E-state index contributed by atoms with van der Waals surface area (Å²) in [5, 5.41) is 31.6. The Morgan fingerprint density at radius 1 is 0.489 bits per heavy atom. The van der Waals surface area contributed by atoms with Crippen molar-refractivity contribution in [2.24, 2.45) is 54.4 Å². The van der Waals surface area contributed by atoms with Crippen LogP contribution in [0.4, 0.5) is 26.3 Å². The second-order valence-electron chi connectivity index (χ2n) is 22.1. The zero-order valence-corrected chi connectivity index (χ0v) is 55.5. The molecule has 0 atom stereocenters. The van der Waals surface area contributed by atoms with Crippen LogP contribution in [-0.2, 0) is 35.7 Å². The van der Waals surface area contributed by atoms with Crippen molar-refractivity contribution in [3.63, 3.8) is 0 Å². The first-order chi connectivity index (χ1) is 44.2. The predicted octanol–water partition coefficient (Wildman–Crippen LogP) is 11.6. The minimum Gasteiger partial charge on any atom is -0.393 e. The molecule has 0 radical (unpaired) electrons. The average molecular weight is 1390 g/mol. The van der Waals surface area contributed by atoms with Crippen LogP contribution in [0.3, 0.4) is 0 Å². The molecule has 6 aromatic heterocycles. The molecule has 0 aliphatic heterocycles. The molecule has 0 aromatic carbocycles. The van der Waals surface area contributed by atoms with E-state index in [1.165, 1.54) is 39.7 Å². The van der Waals surface area contributed by atoms with Crippen molar-refractivity contribution in [3.05, 3.63) is 138 Å². The maximum Gasteiger partial charge on any atom is 0.282 e. The number of hydrogen-bond acceptors (Lipinski definition) is 15. The highest BCUT2D eigenvalue weighted by Crippen LogP contribution is 2.30. The number of aromatic nitrogens is 9. The summed E-state index contributed by atoms with van der Waals surface area (Å²) in [6, 6.07) is 5.01. The molecule has 0 saturated heterocycles. The SMILES string of the molecule is CC(C)O/N=C(/CNC(=O)c1cn(C)nc1C(F)F)c1ncc(C#CC2CC2)cc1Cl.CC(C)O/N=C(/CNC(=O)c1cn(C)nc1C(F)F)c1ncc(C#CC2CC2)cc1Cl.CC(C)ON=C(CNC(=O)c1cn(C)nc1C(F)F)c1ncc(C#CC2CC2)cc1Cl.Cl. The standard InChI is InChI=1S/3C21H22ClF2N5O2.ClH/c3*1-12(2)31-28-17(10-26-21(30)15-11-29(3)27-18(15)20(23)24)19-16(22)8-14(9-25-19)7-6-13-4-5-13;/h3*8-9,11-13,20H,4-5,10H2,1-3H3,(H,26,30);1H/b2*28-17-;;. The van der Waals surface area contributed by atoms with Gasteiger partial charge in [0.1, 0.15) is 69.6 Å². The van der Waals surface area contributed by atoms with Gasteiger partial charge in [-0.15, -0.1) is 12.4 Å². The Bertz CT molecular complexity index is 3560. The summed E-state index contributed by atoms with van der Waals surface area (Å²) in [5.74, 6) is 17.7. The maximum absolute atomic E-state index is 13.1. The van der Waals surface area contributed by atoms with Crippen molar-refractivity contribution in [1.82, 2.24) is 60.2 Å². The van der Waals surface area contributed by atoms with Crippen LogP contribution in [0.2, 0.25) is 15.1 Å². The summed E-state index contributed by atoms with van der Waals surface area (Å²) in [7, 11) is 4.39. The van der Waals surface area contributed by atoms with Gasteiger partial charge in [0.25, 0.3) is 37.0 Å². The normalized spacial score (nSPS) is 13.7. The summed E-state index contributed by atoms with van der Waals surface area (Å²) >= 11 is 19.1. The first-order valence-electron chi connectivity index (χ1n) is 29.2. The van der Waals surface area contributed by atoms with Crippen LogP contribution in [0.25, 0.3) is 0 Å². The second kappa shape index (κ2) is 35.0. The molecule has 94 heavy (non-hydrogen) atoms. The summed E-state index contributed by atoms with van der Waals surface area (Å²) in [6.07, 6.45) is 5.77. The molecule has 6 heterocycles. The van der Waals surface area contributed by atoms with E-state index in [1.807, 2.05) is 0 Å². The van der Waals surface area contributed by atoms with Gasteiger partial charge in [-0.25, -0.2) is 26.3 Å². The molecule has 3 amide bonds. The molecule has 0 spiro atoms. The highest BCUT2D eigenvalue weighted by atomic mass is 35.5. The molecule has 6 aromatic rings. The molecule has 3 aliphatic rings. The zero-order valence-electron chi connectivity index (χ0n) is 52.4. The molecule has 3 N–H and O–H groups in total. The highest BCUT2D eigenvalue weighted by molar-refractivity contribution is 6.35. The number of oxime groups is 3. The Labute approximate surface area is 560 Å². The van der Waals surface area contributed by atoms with E-state index in [9.17, 15) is 40.7 Å². The first kappa shape index (κ1) is 74.4. The number of alkyl halides is 6. The van der Waals surface area contributed by atoms with Gasteiger partial charge in [-0.3, -0.25) is 43.4 Å². The number of hydrogen-bond donors (Lipinski definition) is 3. The van der Waals surface area contributed by atoms with Gasteiger partial charge in [0.15, 0.2) is 0 Å². The van der Waals surface area contributed by atoms with E-state index >= 15 is 0 Å². The summed E-state index contributed by atoms with van der Waals surface area (Å²) in [6.45, 7) is 10.3. The van der Waals surface area contributed by atoms with Gasteiger partial charge in [0, 0.05) is 92.8 Å². The van der Waals surface area contributed by atoms with E-state index in [2.05, 4.69) is 97.2 Å². The summed E-state index contributed by atoms with van der Waals surface area (Å²) in [4.78, 5) is 66.4. The Morgan fingerprint density at radius 2 is 0.734 bits per heavy atom. The van der Waals surface area contributed by atoms with Gasteiger partial charge in [-0.05, 0) is 98.3 Å². The fourth-order valence-electron chi connectivity index (χ4n) is 7.68. The lowest BCUT2D eigenvalue weighted by Gasteiger charge is -2.11. The summed E-state index contributed by atoms with van der Waals surface area (Å²) in [5.41, 5.74) is 1.25. The van der Waals surface area contributed by atoms with E-state index in [0.29, 0.717) is 51.5 Å². The lowest BCUT2D eigenvalue weighted by molar-refractivity contribution is 0.0850. The molecule has 3 aliphatic carbocycles. The Balaban J connectivity index is 0.000000222. The first-order valence-corrected chi connectivity index (χ1v) is 30.4. The number of nitrogens with one attached hydrogen (secondary N) is 3. The number of halogens is 10. The van der Waals surface area contributed by atoms with E-state index < -0.39 is 54.1 Å². The molecule has 9 rings (SSSR count). The van der Waals surface area contributed by atoms with Crippen LogP contribution in [0.15, 0.2) is 70.8 Å². The van der Waals surface area contributed by atoms with Crippen LogP contribution < -0.4 is 16.0 Å². The topological polar surface area (TPSA) is 244 Å². The van der Waals surface area contributed by atoms with E-state index in [1.54, 1.807) is 78.3 Å². The zero-order chi connectivity index (χ0) is 67.6. The van der Waals surface area contributed by atoms with Gasteiger partial charge < -0.3 is 30.5 Å². The van der Waals surface area contributed by atoms with Crippen molar-refractivity contribution in [3.8, 4) is 35.5 Å². The molecule has 31 heteroatoms. The third kappa shape index (κ3) is 23.1. The Kier molecular flexibility index (Phi) is 27.7. The van der Waals surface area contributed by atoms with E-state index in [-0.39, 0.29) is 99.2 Å². The monoisotopic (exact) mass is 1380 g/mol. The lowest BCUT2D eigenvalue weighted by atomic mass is 10.2. The lowest BCUT2D eigenvalue weighted by Crippen LogP contribution is -2.31. The van der Waals surface area contributed by atoms with Crippen molar-refractivity contribution in [2.75, 3.05) is 19.6 Å². The van der Waals surface area contributed by atoms with Crippen LogP contribution in [-0.4, -0.2) is 117 Å². The number of aryl methyl sites for hydroxylation is 3. The highest BCUT2D eigenvalue weighted by Gasteiger charge is 2.28. The number of carbonyl (C=O) groups is 3. The second-order valence-corrected chi connectivity index (χ2v) is 23.3. The third-order valence-corrected chi connectivity index (χ3v) is 13.5. The summed E-state index contributed by atoms with van der Waals surface area (Å²) < 4.78 is 82.3. The number of amides is 3. The van der Waals surface area contributed by atoms with Crippen LogP contribution in [0.5, 0.6) is 0 Å². The fraction of sp³-hybridized carbons (Fsp3) is 0.429. The quantitative estimate of drug-likeness (QED) is 0.0264. The van der Waals surface area contributed by atoms with Crippen LogP contribution in [0.1, 0.15) is 181 Å². The molecule has 3 fully saturated rings. The number of nitrogens with zero attached hydrogens (tertiary/aromatic N) is 12. The van der Waals surface area contributed by atoms with Crippen molar-refractivity contribution < 1.29 is 55.2 Å². The van der Waals surface area contributed by atoms with E-state index in [4.69, 9.17) is 49.3 Å². The number of pyridine rings is 3. The van der Waals surface area contributed by atoms with Gasteiger partial charge in [-0.1, -0.05) is 85.8 Å². The van der Waals surface area contributed by atoms with Crippen molar-refractivity contribution in [1.29, 1.82) is 0 Å². The molecule has 0 unspecified atom stereocenters. The Morgan fingerprint density at radius 3 is 0.936 bits per heavy atom. The molecule has 500 valence electrons. The van der Waals surface area contributed by atoms with Crippen LogP contribution in [0, 0.1) is 53.3 Å². The van der Waals surface area contributed by atoms with Crippen LogP contribution >= 0.6 is 47.2 Å². The van der Waals surface area contributed by atoms with Gasteiger partial charge in [-0.2, -0.15) is 15.3 Å². The minimum atomic E-state index is -2.88. The maximum atomic E-state index is 13.1. The largest absolute Gasteiger partial charge is 0.393 e. The molecule has 0 bridgehead atoms. The Hall–Kier alpha value is -8.68. The molecular formula is C63H67Cl4F6N15O6. The third-order valence-electron chi connectivity index (χ3n) is 12.6. The minimum absolute atomic E-state index is 0. The van der Waals surface area contributed by atoms with Crippen molar-refractivity contribution in [2.45, 2.75) is 118 Å². The number of rotatable bonds is 21. The van der Waals surface area contributed by atoms with E-state index in [0.717, 1.165) is 52.6 Å². The fourth-order valence-corrected chi connectivity index (χ4v) is 8.51.